The molecule has 0 radical (unpaired) electrons. The molecule has 1 aromatic carbocycles. The van der Waals surface area contributed by atoms with Gasteiger partial charge in [0.1, 0.15) is 6.07 Å². The molecule has 1 aromatic rings. The zero-order valence-electron chi connectivity index (χ0n) is 12.5. The van der Waals surface area contributed by atoms with E-state index in [1.807, 2.05) is 19.4 Å². The number of hydrogen-bond acceptors (Lipinski definition) is 4. The van der Waals surface area contributed by atoms with Gasteiger partial charge in [0.25, 0.3) is 0 Å². The lowest BCUT2D eigenvalue weighted by Crippen LogP contribution is -2.40. The predicted molar refractivity (Wildman–Crippen MR) is 86.4 cm³/mol. The van der Waals surface area contributed by atoms with Gasteiger partial charge in [0.2, 0.25) is 0 Å². The summed E-state index contributed by atoms with van der Waals surface area (Å²) < 4.78 is 0. The molecule has 0 atom stereocenters. The van der Waals surface area contributed by atoms with Crippen molar-refractivity contribution >= 4 is 17.4 Å². The molecule has 0 unspecified atom stereocenters. The minimum Gasteiger partial charge on any atom is -0.371 e. The first-order chi connectivity index (χ1) is 9.71. The van der Waals surface area contributed by atoms with Crippen LogP contribution in [0.5, 0.6) is 0 Å². The number of benzene rings is 1. The standard InChI is InChI=1S/C16H23N3S/c1-18-12-7-9-13(10-8-12)19(2)15-5-4-6-16(20-3)14(15)11-17/h4-6,12-13,18H,7-10H2,1-3H3. The van der Waals surface area contributed by atoms with Gasteiger partial charge in [0.05, 0.1) is 11.3 Å². The van der Waals surface area contributed by atoms with Crippen LogP contribution < -0.4 is 10.2 Å². The first kappa shape index (κ1) is 15.2. The van der Waals surface area contributed by atoms with E-state index in [2.05, 4.69) is 35.5 Å². The van der Waals surface area contributed by atoms with Crippen molar-refractivity contribution in [2.24, 2.45) is 0 Å². The molecule has 0 aliphatic heterocycles. The van der Waals surface area contributed by atoms with Gasteiger partial charge in [-0.2, -0.15) is 5.26 Å². The average molecular weight is 289 g/mol. The van der Waals surface area contributed by atoms with Crippen LogP contribution in [0, 0.1) is 11.3 Å². The van der Waals surface area contributed by atoms with Crippen molar-refractivity contribution in [3.8, 4) is 6.07 Å². The molecule has 0 aromatic heterocycles. The first-order valence-electron chi connectivity index (χ1n) is 7.18. The maximum Gasteiger partial charge on any atom is 0.103 e. The highest BCUT2D eigenvalue weighted by atomic mass is 32.2. The second-order valence-electron chi connectivity index (χ2n) is 5.37. The zero-order valence-corrected chi connectivity index (χ0v) is 13.3. The Balaban J connectivity index is 2.18. The molecule has 1 fully saturated rings. The van der Waals surface area contributed by atoms with Gasteiger partial charge in [-0.3, -0.25) is 0 Å². The Morgan fingerprint density at radius 2 is 2.00 bits per heavy atom. The van der Waals surface area contributed by atoms with Crippen molar-refractivity contribution in [2.75, 3.05) is 25.3 Å². The van der Waals surface area contributed by atoms with Crippen molar-refractivity contribution < 1.29 is 0 Å². The van der Waals surface area contributed by atoms with Crippen molar-refractivity contribution in [1.29, 1.82) is 5.26 Å². The van der Waals surface area contributed by atoms with Crippen LogP contribution in [0.1, 0.15) is 31.2 Å². The van der Waals surface area contributed by atoms with Gasteiger partial charge >= 0.3 is 0 Å². The molecule has 4 heteroatoms. The Morgan fingerprint density at radius 1 is 1.30 bits per heavy atom. The molecule has 1 N–H and O–H groups in total. The van der Waals surface area contributed by atoms with Gasteiger partial charge in [-0.05, 0) is 51.1 Å². The molecule has 108 valence electrons. The third-order valence-corrected chi connectivity index (χ3v) is 5.15. The lowest BCUT2D eigenvalue weighted by atomic mass is 9.90. The number of thioether (sulfide) groups is 1. The normalized spacial score (nSPS) is 22.3. The van der Waals surface area contributed by atoms with Gasteiger partial charge in [-0.25, -0.2) is 0 Å². The summed E-state index contributed by atoms with van der Waals surface area (Å²) in [6.45, 7) is 0. The van der Waals surface area contributed by atoms with Crippen LogP contribution in [0.4, 0.5) is 5.69 Å². The number of nitrogens with one attached hydrogen (secondary N) is 1. The molecule has 0 spiro atoms. The molecule has 0 heterocycles. The fraction of sp³-hybridized carbons (Fsp3) is 0.562. The number of anilines is 1. The summed E-state index contributed by atoms with van der Waals surface area (Å²) in [5.41, 5.74) is 1.89. The van der Waals surface area contributed by atoms with Crippen molar-refractivity contribution in [3.05, 3.63) is 23.8 Å². The fourth-order valence-electron chi connectivity index (χ4n) is 3.04. The Labute approximate surface area is 126 Å². The van der Waals surface area contributed by atoms with E-state index in [4.69, 9.17) is 0 Å². The van der Waals surface area contributed by atoms with E-state index in [1.54, 1.807) is 11.8 Å². The summed E-state index contributed by atoms with van der Waals surface area (Å²) in [4.78, 5) is 3.38. The van der Waals surface area contributed by atoms with E-state index in [9.17, 15) is 5.26 Å². The van der Waals surface area contributed by atoms with Crippen LogP contribution in [0.2, 0.25) is 0 Å². The molecular formula is C16H23N3S. The van der Waals surface area contributed by atoms with Crippen molar-refractivity contribution in [2.45, 2.75) is 42.7 Å². The summed E-state index contributed by atoms with van der Waals surface area (Å²) in [6, 6.07) is 9.74. The number of nitrogens with zero attached hydrogens (tertiary/aromatic N) is 2. The number of rotatable bonds is 4. The SMILES string of the molecule is CNC1CCC(N(C)c2cccc(SC)c2C#N)CC1. The number of hydrogen-bond donors (Lipinski definition) is 1. The summed E-state index contributed by atoms with van der Waals surface area (Å²) in [6.07, 6.45) is 6.84. The van der Waals surface area contributed by atoms with Gasteiger partial charge in [-0.15, -0.1) is 11.8 Å². The van der Waals surface area contributed by atoms with Crippen molar-refractivity contribution in [3.63, 3.8) is 0 Å². The molecule has 0 bridgehead atoms. The smallest absolute Gasteiger partial charge is 0.103 e. The van der Waals surface area contributed by atoms with Gasteiger partial charge in [0, 0.05) is 24.0 Å². The van der Waals surface area contributed by atoms with Crippen LogP contribution in [-0.2, 0) is 0 Å². The van der Waals surface area contributed by atoms with E-state index in [1.165, 1.54) is 25.7 Å². The predicted octanol–water partition coefficient (Wildman–Crippen LogP) is 3.25. The molecule has 3 nitrogen and oxygen atoms in total. The number of nitriles is 1. The topological polar surface area (TPSA) is 39.1 Å². The van der Waals surface area contributed by atoms with E-state index in [-0.39, 0.29) is 0 Å². The minimum atomic E-state index is 0.545. The van der Waals surface area contributed by atoms with Crippen molar-refractivity contribution in [1.82, 2.24) is 5.32 Å². The lowest BCUT2D eigenvalue weighted by molar-refractivity contribution is 0.351. The minimum absolute atomic E-state index is 0.545. The summed E-state index contributed by atoms with van der Waals surface area (Å²) in [5.74, 6) is 0. The van der Waals surface area contributed by atoms with Gasteiger partial charge < -0.3 is 10.2 Å². The maximum atomic E-state index is 9.46. The van der Waals surface area contributed by atoms with Crippen LogP contribution >= 0.6 is 11.8 Å². The third kappa shape index (κ3) is 3.11. The maximum absolute atomic E-state index is 9.46. The molecule has 20 heavy (non-hydrogen) atoms. The molecular weight excluding hydrogens is 266 g/mol. The monoisotopic (exact) mass is 289 g/mol. The Hall–Kier alpha value is -1.18. The van der Waals surface area contributed by atoms with E-state index < -0.39 is 0 Å². The molecule has 2 rings (SSSR count). The summed E-state index contributed by atoms with van der Waals surface area (Å²) in [5, 5.41) is 12.8. The van der Waals surface area contributed by atoms with Gasteiger partial charge in [-0.1, -0.05) is 6.07 Å². The Morgan fingerprint density at radius 3 is 2.55 bits per heavy atom. The van der Waals surface area contributed by atoms with Crippen LogP contribution in [0.3, 0.4) is 0 Å². The van der Waals surface area contributed by atoms with Crippen LogP contribution in [0.25, 0.3) is 0 Å². The molecule has 0 amide bonds. The second-order valence-corrected chi connectivity index (χ2v) is 6.22. The molecule has 1 aliphatic carbocycles. The molecule has 0 saturated heterocycles. The Kier molecular flexibility index (Phi) is 5.33. The molecule has 1 saturated carbocycles. The fourth-order valence-corrected chi connectivity index (χ4v) is 3.61. The largest absolute Gasteiger partial charge is 0.371 e. The second kappa shape index (κ2) is 7.01. The van der Waals surface area contributed by atoms with Gasteiger partial charge in [0.15, 0.2) is 0 Å². The summed E-state index contributed by atoms with van der Waals surface area (Å²) in [7, 11) is 4.18. The highest BCUT2D eigenvalue weighted by molar-refractivity contribution is 7.98. The average Bonchev–Trinajstić information content (AvgIpc) is 2.53. The van der Waals surface area contributed by atoms with E-state index >= 15 is 0 Å². The highest BCUT2D eigenvalue weighted by Crippen LogP contribution is 2.32. The van der Waals surface area contributed by atoms with E-state index in [0.29, 0.717) is 12.1 Å². The van der Waals surface area contributed by atoms with Crippen LogP contribution in [0.15, 0.2) is 23.1 Å². The first-order valence-corrected chi connectivity index (χ1v) is 8.41. The lowest BCUT2D eigenvalue weighted by Gasteiger charge is -2.36. The quantitative estimate of drug-likeness (QED) is 0.864. The highest BCUT2D eigenvalue weighted by Gasteiger charge is 2.24. The summed E-state index contributed by atoms with van der Waals surface area (Å²) >= 11 is 1.64. The molecule has 1 aliphatic rings. The Bertz CT molecular complexity index is 487. The zero-order chi connectivity index (χ0) is 14.5. The van der Waals surface area contributed by atoms with Crippen LogP contribution in [-0.4, -0.2) is 32.4 Å². The van der Waals surface area contributed by atoms with E-state index in [0.717, 1.165) is 16.1 Å². The third-order valence-electron chi connectivity index (χ3n) is 4.37.